The summed E-state index contributed by atoms with van der Waals surface area (Å²) < 4.78 is 5.41. The standard InChI is InChI=1S/C14H28N2O/c1-14(10-15,11-17-2)16-9-5-7-12-6-3-4-8-13(12)16/h12-13H,3-11,15H2,1-2H3. The van der Waals surface area contributed by atoms with E-state index in [9.17, 15) is 0 Å². The molecule has 2 N–H and O–H groups in total. The van der Waals surface area contributed by atoms with E-state index in [1.54, 1.807) is 7.11 Å². The van der Waals surface area contributed by atoms with Crippen LogP contribution >= 0.6 is 0 Å². The molecule has 0 radical (unpaired) electrons. The van der Waals surface area contributed by atoms with Crippen molar-refractivity contribution in [2.75, 3.05) is 26.8 Å². The van der Waals surface area contributed by atoms with Gasteiger partial charge >= 0.3 is 0 Å². The largest absolute Gasteiger partial charge is 0.383 e. The summed E-state index contributed by atoms with van der Waals surface area (Å²) >= 11 is 0. The van der Waals surface area contributed by atoms with Crippen molar-refractivity contribution in [2.45, 2.75) is 57.0 Å². The monoisotopic (exact) mass is 240 g/mol. The van der Waals surface area contributed by atoms with Crippen molar-refractivity contribution in [2.24, 2.45) is 11.7 Å². The van der Waals surface area contributed by atoms with E-state index >= 15 is 0 Å². The van der Waals surface area contributed by atoms with Gasteiger partial charge in [-0.3, -0.25) is 4.90 Å². The van der Waals surface area contributed by atoms with Crippen LogP contribution in [0.1, 0.15) is 45.4 Å². The molecular formula is C14H28N2O. The minimum absolute atomic E-state index is 0.0371. The number of ether oxygens (including phenoxy) is 1. The van der Waals surface area contributed by atoms with Crippen LogP contribution in [0, 0.1) is 5.92 Å². The molecule has 0 bridgehead atoms. The highest BCUT2D eigenvalue weighted by Gasteiger charge is 2.41. The summed E-state index contributed by atoms with van der Waals surface area (Å²) in [5.74, 6) is 0.917. The molecule has 3 unspecified atom stereocenters. The molecule has 0 aromatic carbocycles. The van der Waals surface area contributed by atoms with E-state index in [0.29, 0.717) is 6.54 Å². The van der Waals surface area contributed by atoms with E-state index in [0.717, 1.165) is 18.6 Å². The third-order valence-electron chi connectivity index (χ3n) is 4.83. The summed E-state index contributed by atoms with van der Waals surface area (Å²) in [6.45, 7) is 4.93. The van der Waals surface area contributed by atoms with Crippen molar-refractivity contribution < 1.29 is 4.74 Å². The normalized spacial score (nSPS) is 34.1. The summed E-state index contributed by atoms with van der Waals surface area (Å²) in [6, 6.07) is 0.765. The highest BCUT2D eigenvalue weighted by Crippen LogP contribution is 2.38. The Hall–Kier alpha value is -0.120. The zero-order chi connectivity index (χ0) is 12.3. The first-order chi connectivity index (χ1) is 8.21. The number of nitrogens with zero attached hydrogens (tertiary/aromatic N) is 1. The lowest BCUT2D eigenvalue weighted by Gasteiger charge is -2.52. The minimum atomic E-state index is 0.0371. The molecule has 1 aliphatic heterocycles. The van der Waals surface area contributed by atoms with Crippen LogP contribution in [-0.4, -0.2) is 43.3 Å². The van der Waals surface area contributed by atoms with Crippen LogP contribution in [-0.2, 0) is 4.74 Å². The molecule has 17 heavy (non-hydrogen) atoms. The van der Waals surface area contributed by atoms with Crippen LogP contribution in [0.4, 0.5) is 0 Å². The average molecular weight is 240 g/mol. The van der Waals surface area contributed by atoms with Gasteiger partial charge in [0.1, 0.15) is 0 Å². The molecule has 2 rings (SSSR count). The Morgan fingerprint density at radius 2 is 1.94 bits per heavy atom. The van der Waals surface area contributed by atoms with E-state index < -0.39 is 0 Å². The van der Waals surface area contributed by atoms with Crippen LogP contribution in [0.15, 0.2) is 0 Å². The van der Waals surface area contributed by atoms with E-state index in [1.165, 1.54) is 45.1 Å². The second-order valence-electron chi connectivity index (χ2n) is 6.08. The van der Waals surface area contributed by atoms with Gasteiger partial charge in [-0.15, -0.1) is 0 Å². The van der Waals surface area contributed by atoms with Gasteiger partial charge in [-0.1, -0.05) is 12.8 Å². The van der Waals surface area contributed by atoms with Gasteiger partial charge in [0, 0.05) is 19.7 Å². The minimum Gasteiger partial charge on any atom is -0.383 e. The van der Waals surface area contributed by atoms with Crippen molar-refractivity contribution in [3.8, 4) is 0 Å². The van der Waals surface area contributed by atoms with E-state index in [-0.39, 0.29) is 5.54 Å². The molecule has 0 spiro atoms. The van der Waals surface area contributed by atoms with Crippen LogP contribution in [0.2, 0.25) is 0 Å². The maximum absolute atomic E-state index is 6.02. The summed E-state index contributed by atoms with van der Waals surface area (Å²) in [4.78, 5) is 2.67. The molecule has 3 atom stereocenters. The molecule has 100 valence electrons. The Balaban J connectivity index is 2.11. The molecule has 0 aromatic rings. The van der Waals surface area contributed by atoms with Gasteiger partial charge in [-0.05, 0) is 45.1 Å². The highest BCUT2D eigenvalue weighted by atomic mass is 16.5. The van der Waals surface area contributed by atoms with Gasteiger partial charge in [-0.25, -0.2) is 0 Å². The summed E-state index contributed by atoms with van der Waals surface area (Å²) in [7, 11) is 1.79. The molecule has 2 aliphatic rings. The second kappa shape index (κ2) is 5.68. The van der Waals surface area contributed by atoms with Crippen LogP contribution in [0.25, 0.3) is 0 Å². The van der Waals surface area contributed by atoms with Gasteiger partial charge in [0.2, 0.25) is 0 Å². The number of piperidine rings is 1. The Bertz CT molecular complexity index is 244. The van der Waals surface area contributed by atoms with Gasteiger partial charge in [0.15, 0.2) is 0 Å². The van der Waals surface area contributed by atoms with Crippen molar-refractivity contribution in [3.63, 3.8) is 0 Å². The van der Waals surface area contributed by atoms with Crippen molar-refractivity contribution in [1.29, 1.82) is 0 Å². The van der Waals surface area contributed by atoms with E-state index in [1.807, 2.05) is 0 Å². The lowest BCUT2D eigenvalue weighted by Crippen LogP contribution is -2.62. The van der Waals surface area contributed by atoms with Gasteiger partial charge in [-0.2, -0.15) is 0 Å². The third kappa shape index (κ3) is 2.67. The fourth-order valence-electron chi connectivity index (χ4n) is 3.87. The molecule has 1 saturated heterocycles. The predicted molar refractivity (Wildman–Crippen MR) is 71.0 cm³/mol. The molecule has 1 aliphatic carbocycles. The van der Waals surface area contributed by atoms with Gasteiger partial charge < -0.3 is 10.5 Å². The number of nitrogens with two attached hydrogens (primary N) is 1. The Kier molecular flexibility index (Phi) is 4.45. The van der Waals surface area contributed by atoms with Crippen molar-refractivity contribution in [1.82, 2.24) is 4.90 Å². The quantitative estimate of drug-likeness (QED) is 0.817. The second-order valence-corrected chi connectivity index (χ2v) is 6.08. The van der Waals surface area contributed by atoms with E-state index in [4.69, 9.17) is 10.5 Å². The Morgan fingerprint density at radius 1 is 1.24 bits per heavy atom. The maximum atomic E-state index is 6.02. The van der Waals surface area contributed by atoms with Gasteiger partial charge in [0.05, 0.1) is 12.1 Å². The molecule has 1 saturated carbocycles. The van der Waals surface area contributed by atoms with Crippen molar-refractivity contribution in [3.05, 3.63) is 0 Å². The zero-order valence-electron chi connectivity index (χ0n) is 11.5. The summed E-state index contributed by atoms with van der Waals surface area (Å²) in [5, 5.41) is 0. The van der Waals surface area contributed by atoms with Crippen LogP contribution in [0.5, 0.6) is 0 Å². The topological polar surface area (TPSA) is 38.5 Å². The predicted octanol–water partition coefficient (Wildman–Crippen LogP) is 2.00. The molecule has 3 heteroatoms. The first-order valence-corrected chi connectivity index (χ1v) is 7.17. The molecule has 0 aromatic heterocycles. The van der Waals surface area contributed by atoms with Crippen LogP contribution < -0.4 is 5.73 Å². The number of rotatable bonds is 4. The zero-order valence-corrected chi connectivity index (χ0v) is 11.5. The van der Waals surface area contributed by atoms with E-state index in [2.05, 4.69) is 11.8 Å². The molecule has 1 heterocycles. The summed E-state index contributed by atoms with van der Waals surface area (Å²) in [5.41, 5.74) is 6.06. The molecule has 2 fully saturated rings. The Labute approximate surface area is 106 Å². The lowest BCUT2D eigenvalue weighted by molar-refractivity contribution is -0.0499. The average Bonchev–Trinajstić information content (AvgIpc) is 2.38. The first kappa shape index (κ1) is 13.3. The van der Waals surface area contributed by atoms with Crippen LogP contribution in [0.3, 0.4) is 0 Å². The van der Waals surface area contributed by atoms with Gasteiger partial charge in [0.25, 0.3) is 0 Å². The fourth-order valence-corrected chi connectivity index (χ4v) is 3.87. The Morgan fingerprint density at radius 3 is 2.65 bits per heavy atom. The third-order valence-corrected chi connectivity index (χ3v) is 4.83. The lowest BCUT2D eigenvalue weighted by atomic mass is 9.76. The smallest absolute Gasteiger partial charge is 0.0656 e. The number of fused-ring (bicyclic) bond motifs is 1. The maximum Gasteiger partial charge on any atom is 0.0656 e. The van der Waals surface area contributed by atoms with Crippen molar-refractivity contribution >= 4 is 0 Å². The molecule has 3 nitrogen and oxygen atoms in total. The highest BCUT2D eigenvalue weighted by molar-refractivity contribution is 4.97. The molecular weight excluding hydrogens is 212 g/mol. The number of hydrogen-bond acceptors (Lipinski definition) is 3. The number of hydrogen-bond donors (Lipinski definition) is 1. The molecule has 0 amide bonds. The summed E-state index contributed by atoms with van der Waals surface area (Å²) in [6.07, 6.45) is 8.37. The number of likely N-dealkylation sites (tertiary alicyclic amines) is 1. The SMILES string of the molecule is COCC(C)(CN)N1CCCC2CCCCC21. The number of methoxy groups -OCH3 is 1. The fraction of sp³-hybridized carbons (Fsp3) is 1.00. The first-order valence-electron chi connectivity index (χ1n) is 7.17.